The van der Waals surface area contributed by atoms with E-state index in [9.17, 15) is 4.79 Å². The largest absolute Gasteiger partial charge is 0.365 e. The molecule has 0 saturated carbocycles. The lowest BCUT2D eigenvalue weighted by molar-refractivity contribution is -0.119. The highest BCUT2D eigenvalue weighted by Gasteiger charge is 2.16. The number of hydrogen-bond acceptors (Lipinski definition) is 2. The topological polar surface area (TPSA) is 20.3 Å². The Labute approximate surface area is 98.3 Å². The maximum absolute atomic E-state index is 11.6. The molecule has 0 aliphatic carbocycles. The number of carbonyl (C=O) groups is 1. The van der Waals surface area contributed by atoms with Crippen LogP contribution in [0.15, 0.2) is 24.3 Å². The number of carbonyl (C=O) groups excluding carboxylic acids is 1. The predicted molar refractivity (Wildman–Crippen MR) is 69.0 cm³/mol. The van der Waals surface area contributed by atoms with Crippen molar-refractivity contribution in [2.75, 3.05) is 11.9 Å². The number of nitrogens with zero attached hydrogens (tertiary/aromatic N) is 1. The van der Waals surface area contributed by atoms with Crippen LogP contribution in [0, 0.1) is 0 Å². The fourth-order valence-electron chi connectivity index (χ4n) is 1.70. The van der Waals surface area contributed by atoms with E-state index in [0.717, 1.165) is 12.1 Å². The molecule has 0 saturated heterocycles. The van der Waals surface area contributed by atoms with Crippen molar-refractivity contribution in [3.63, 3.8) is 0 Å². The van der Waals surface area contributed by atoms with Crippen LogP contribution in [0.2, 0.25) is 0 Å². The van der Waals surface area contributed by atoms with Gasteiger partial charge in [0.25, 0.3) is 0 Å². The van der Waals surface area contributed by atoms with E-state index in [1.165, 1.54) is 5.56 Å². The standard InChI is InChI=1S/C14H21NO/c1-5-12-7-9-13(10-8-12)15(4)11(3)14(16)6-2/h7-11H,5-6H2,1-4H3. The molecule has 0 spiro atoms. The monoisotopic (exact) mass is 219 g/mol. The minimum Gasteiger partial charge on any atom is -0.365 e. The Morgan fingerprint density at radius 2 is 1.81 bits per heavy atom. The molecular weight excluding hydrogens is 198 g/mol. The Morgan fingerprint density at radius 1 is 1.25 bits per heavy atom. The van der Waals surface area contributed by atoms with E-state index in [0.29, 0.717) is 6.42 Å². The van der Waals surface area contributed by atoms with Crippen molar-refractivity contribution in [3.8, 4) is 0 Å². The van der Waals surface area contributed by atoms with Crippen molar-refractivity contribution in [3.05, 3.63) is 29.8 Å². The van der Waals surface area contributed by atoms with Crippen molar-refractivity contribution in [2.45, 2.75) is 39.7 Å². The molecule has 0 radical (unpaired) electrons. The maximum atomic E-state index is 11.6. The number of rotatable bonds is 5. The van der Waals surface area contributed by atoms with E-state index >= 15 is 0 Å². The third-order valence-corrected chi connectivity index (χ3v) is 3.15. The molecule has 2 heteroatoms. The van der Waals surface area contributed by atoms with E-state index in [1.807, 2.05) is 25.8 Å². The lowest BCUT2D eigenvalue weighted by atomic mass is 10.1. The first-order valence-corrected chi connectivity index (χ1v) is 5.94. The summed E-state index contributed by atoms with van der Waals surface area (Å²) < 4.78 is 0. The van der Waals surface area contributed by atoms with E-state index in [4.69, 9.17) is 0 Å². The first-order chi connectivity index (χ1) is 7.60. The first kappa shape index (κ1) is 12.8. The van der Waals surface area contributed by atoms with E-state index in [-0.39, 0.29) is 11.8 Å². The number of aryl methyl sites for hydroxylation is 1. The molecule has 1 rings (SSSR count). The minimum atomic E-state index is -0.0440. The number of anilines is 1. The molecule has 1 unspecified atom stereocenters. The summed E-state index contributed by atoms with van der Waals surface area (Å²) in [6.07, 6.45) is 1.64. The summed E-state index contributed by atoms with van der Waals surface area (Å²) in [5.41, 5.74) is 2.43. The van der Waals surface area contributed by atoms with Crippen LogP contribution in [0.4, 0.5) is 5.69 Å². The summed E-state index contributed by atoms with van der Waals surface area (Å²) in [5, 5.41) is 0. The molecule has 0 fully saturated rings. The molecule has 0 aromatic heterocycles. The Kier molecular flexibility index (Phi) is 4.53. The molecule has 0 amide bonds. The average molecular weight is 219 g/mol. The van der Waals surface area contributed by atoms with E-state index in [2.05, 4.69) is 31.2 Å². The Morgan fingerprint density at radius 3 is 2.25 bits per heavy atom. The molecule has 0 heterocycles. The van der Waals surface area contributed by atoms with Crippen LogP contribution in [0.3, 0.4) is 0 Å². The van der Waals surface area contributed by atoms with Crippen LogP contribution in [0.5, 0.6) is 0 Å². The van der Waals surface area contributed by atoms with Gasteiger partial charge in [-0.1, -0.05) is 26.0 Å². The van der Waals surface area contributed by atoms with E-state index in [1.54, 1.807) is 0 Å². The third kappa shape index (κ3) is 2.84. The lowest BCUT2D eigenvalue weighted by Crippen LogP contribution is -2.35. The second kappa shape index (κ2) is 5.69. The number of hydrogen-bond donors (Lipinski definition) is 0. The molecule has 0 bridgehead atoms. The number of benzene rings is 1. The Balaban J connectivity index is 2.79. The highest BCUT2D eigenvalue weighted by Crippen LogP contribution is 2.17. The summed E-state index contributed by atoms with van der Waals surface area (Å²) in [6, 6.07) is 8.36. The molecule has 2 nitrogen and oxygen atoms in total. The van der Waals surface area contributed by atoms with Gasteiger partial charge in [0.15, 0.2) is 5.78 Å². The van der Waals surface area contributed by atoms with Crippen molar-refractivity contribution in [1.82, 2.24) is 0 Å². The molecule has 1 aromatic carbocycles. The molecule has 0 N–H and O–H groups in total. The van der Waals surface area contributed by atoms with Gasteiger partial charge in [0, 0.05) is 19.2 Å². The van der Waals surface area contributed by atoms with Crippen molar-refractivity contribution < 1.29 is 4.79 Å². The molecule has 0 aliphatic heterocycles. The van der Waals surface area contributed by atoms with Crippen LogP contribution in [-0.4, -0.2) is 18.9 Å². The summed E-state index contributed by atoms with van der Waals surface area (Å²) >= 11 is 0. The predicted octanol–water partition coefficient (Wildman–Crippen LogP) is 3.05. The van der Waals surface area contributed by atoms with E-state index < -0.39 is 0 Å². The van der Waals surface area contributed by atoms with Gasteiger partial charge in [0.1, 0.15) is 0 Å². The van der Waals surface area contributed by atoms with Crippen molar-refractivity contribution in [1.29, 1.82) is 0 Å². The summed E-state index contributed by atoms with van der Waals surface area (Å²) in [6.45, 7) is 6.01. The fourth-order valence-corrected chi connectivity index (χ4v) is 1.70. The van der Waals surface area contributed by atoms with Gasteiger partial charge >= 0.3 is 0 Å². The van der Waals surface area contributed by atoms with Crippen molar-refractivity contribution in [2.24, 2.45) is 0 Å². The summed E-state index contributed by atoms with van der Waals surface area (Å²) in [4.78, 5) is 13.6. The fraction of sp³-hybridized carbons (Fsp3) is 0.500. The van der Waals surface area contributed by atoms with Gasteiger partial charge < -0.3 is 4.90 Å². The second-order valence-electron chi connectivity index (χ2n) is 4.13. The van der Waals surface area contributed by atoms with Crippen LogP contribution in [0.25, 0.3) is 0 Å². The number of ketones is 1. The smallest absolute Gasteiger partial charge is 0.154 e. The highest BCUT2D eigenvalue weighted by atomic mass is 16.1. The molecule has 1 aromatic rings. The average Bonchev–Trinajstić information content (AvgIpc) is 2.36. The van der Waals surface area contributed by atoms with Gasteiger partial charge in [-0.2, -0.15) is 0 Å². The van der Waals surface area contributed by atoms with Gasteiger partial charge in [-0.3, -0.25) is 4.79 Å². The summed E-state index contributed by atoms with van der Waals surface area (Å²) in [7, 11) is 1.97. The quantitative estimate of drug-likeness (QED) is 0.758. The number of likely N-dealkylation sites (N-methyl/N-ethyl adjacent to an activating group) is 1. The molecule has 0 aliphatic rings. The van der Waals surface area contributed by atoms with Crippen LogP contribution in [-0.2, 0) is 11.2 Å². The van der Waals surface area contributed by atoms with Crippen LogP contribution < -0.4 is 4.90 Å². The lowest BCUT2D eigenvalue weighted by Gasteiger charge is -2.25. The SMILES string of the molecule is CCC(=O)C(C)N(C)c1ccc(CC)cc1. The first-order valence-electron chi connectivity index (χ1n) is 5.94. The number of Topliss-reactive ketones (excluding diaryl/α,β-unsaturated/α-hetero) is 1. The molecule has 88 valence electrons. The Hall–Kier alpha value is -1.31. The molecule has 1 atom stereocenters. The maximum Gasteiger partial charge on any atom is 0.154 e. The summed E-state index contributed by atoms with van der Waals surface area (Å²) in [5.74, 6) is 0.280. The highest BCUT2D eigenvalue weighted by molar-refractivity contribution is 5.86. The third-order valence-electron chi connectivity index (χ3n) is 3.15. The zero-order valence-corrected chi connectivity index (χ0v) is 10.7. The molecule has 16 heavy (non-hydrogen) atoms. The van der Waals surface area contributed by atoms with Crippen molar-refractivity contribution >= 4 is 11.5 Å². The second-order valence-corrected chi connectivity index (χ2v) is 4.13. The van der Waals surface area contributed by atoms with Gasteiger partial charge in [-0.05, 0) is 31.0 Å². The Bertz CT molecular complexity index is 342. The molecular formula is C14H21NO. The van der Waals surface area contributed by atoms with Crippen LogP contribution >= 0.6 is 0 Å². The van der Waals surface area contributed by atoms with Gasteiger partial charge in [0.2, 0.25) is 0 Å². The van der Waals surface area contributed by atoms with Crippen LogP contribution in [0.1, 0.15) is 32.8 Å². The zero-order valence-electron chi connectivity index (χ0n) is 10.7. The normalized spacial score (nSPS) is 12.2. The van der Waals surface area contributed by atoms with Gasteiger partial charge in [-0.15, -0.1) is 0 Å². The zero-order chi connectivity index (χ0) is 12.1. The van der Waals surface area contributed by atoms with Gasteiger partial charge in [-0.25, -0.2) is 0 Å². The minimum absolute atomic E-state index is 0.0440. The van der Waals surface area contributed by atoms with Gasteiger partial charge in [0.05, 0.1) is 6.04 Å².